The van der Waals surface area contributed by atoms with Crippen LogP contribution in [0.2, 0.25) is 0 Å². The van der Waals surface area contributed by atoms with Gasteiger partial charge in [-0.25, -0.2) is 0 Å². The SMILES string of the molecule is CCc1ccc(Nc2nnc(SCc3nnc(CC)o3)s2)cc1. The average Bonchev–Trinajstić information content (AvgIpc) is 3.22. The van der Waals surface area contributed by atoms with Gasteiger partial charge < -0.3 is 9.73 Å². The minimum absolute atomic E-state index is 0.604. The van der Waals surface area contributed by atoms with Crippen molar-refractivity contribution in [2.45, 2.75) is 36.8 Å². The van der Waals surface area contributed by atoms with E-state index in [1.807, 2.05) is 6.92 Å². The van der Waals surface area contributed by atoms with E-state index in [1.165, 1.54) is 16.9 Å². The number of nitrogens with zero attached hydrogens (tertiary/aromatic N) is 4. The number of hydrogen-bond acceptors (Lipinski definition) is 8. The van der Waals surface area contributed by atoms with E-state index in [2.05, 4.69) is 56.9 Å². The van der Waals surface area contributed by atoms with Gasteiger partial charge in [-0.2, -0.15) is 0 Å². The molecule has 0 atom stereocenters. The highest BCUT2D eigenvalue weighted by Crippen LogP contribution is 2.29. The second kappa shape index (κ2) is 7.56. The number of thioether (sulfide) groups is 1. The second-order valence-corrected chi connectivity index (χ2v) is 6.98. The van der Waals surface area contributed by atoms with Crippen LogP contribution in [0.4, 0.5) is 10.8 Å². The normalized spacial score (nSPS) is 10.9. The van der Waals surface area contributed by atoms with Crippen molar-refractivity contribution in [3.05, 3.63) is 41.6 Å². The van der Waals surface area contributed by atoms with E-state index in [-0.39, 0.29) is 0 Å². The highest BCUT2D eigenvalue weighted by Gasteiger charge is 2.09. The fourth-order valence-corrected chi connectivity index (χ4v) is 3.49. The summed E-state index contributed by atoms with van der Waals surface area (Å²) in [6.45, 7) is 4.13. The predicted octanol–water partition coefficient (Wildman–Crippen LogP) is 4.08. The van der Waals surface area contributed by atoms with Crippen LogP contribution >= 0.6 is 23.1 Å². The lowest BCUT2D eigenvalue weighted by Crippen LogP contribution is -1.89. The Morgan fingerprint density at radius 2 is 1.78 bits per heavy atom. The van der Waals surface area contributed by atoms with Gasteiger partial charge in [0.1, 0.15) is 0 Å². The third-order valence-corrected chi connectivity index (χ3v) is 5.11. The van der Waals surface area contributed by atoms with E-state index in [1.54, 1.807) is 11.8 Å². The Kier molecular flexibility index (Phi) is 5.24. The van der Waals surface area contributed by atoms with Crippen LogP contribution in [0.3, 0.4) is 0 Å². The Morgan fingerprint density at radius 3 is 2.48 bits per heavy atom. The highest BCUT2D eigenvalue weighted by atomic mass is 32.2. The largest absolute Gasteiger partial charge is 0.424 e. The van der Waals surface area contributed by atoms with Crippen LogP contribution < -0.4 is 5.32 Å². The van der Waals surface area contributed by atoms with Crippen molar-refractivity contribution in [3.63, 3.8) is 0 Å². The topological polar surface area (TPSA) is 76.7 Å². The van der Waals surface area contributed by atoms with E-state index in [0.717, 1.165) is 28.0 Å². The molecule has 0 aliphatic carbocycles. The van der Waals surface area contributed by atoms with Gasteiger partial charge in [0.15, 0.2) is 4.34 Å². The van der Waals surface area contributed by atoms with Gasteiger partial charge in [0.05, 0.1) is 5.75 Å². The van der Waals surface area contributed by atoms with Crippen LogP contribution in [0.15, 0.2) is 33.0 Å². The zero-order valence-corrected chi connectivity index (χ0v) is 14.6. The van der Waals surface area contributed by atoms with Crippen LogP contribution in [-0.2, 0) is 18.6 Å². The van der Waals surface area contributed by atoms with E-state index in [0.29, 0.717) is 17.5 Å². The summed E-state index contributed by atoms with van der Waals surface area (Å²) in [6.07, 6.45) is 1.79. The molecule has 0 bridgehead atoms. The predicted molar refractivity (Wildman–Crippen MR) is 92.2 cm³/mol. The van der Waals surface area contributed by atoms with Gasteiger partial charge in [-0.3, -0.25) is 0 Å². The van der Waals surface area contributed by atoms with Crippen LogP contribution in [0, 0.1) is 0 Å². The number of rotatable bonds is 7. The zero-order chi connectivity index (χ0) is 16.1. The Hall–Kier alpha value is -1.93. The van der Waals surface area contributed by atoms with Crippen molar-refractivity contribution >= 4 is 33.9 Å². The zero-order valence-electron chi connectivity index (χ0n) is 12.9. The maximum absolute atomic E-state index is 5.48. The van der Waals surface area contributed by atoms with Crippen molar-refractivity contribution in [1.82, 2.24) is 20.4 Å². The Bertz CT molecular complexity index is 753. The summed E-state index contributed by atoms with van der Waals surface area (Å²) < 4.78 is 6.35. The summed E-state index contributed by atoms with van der Waals surface area (Å²) in [7, 11) is 0. The van der Waals surface area contributed by atoms with Crippen molar-refractivity contribution in [3.8, 4) is 0 Å². The lowest BCUT2D eigenvalue weighted by Gasteiger charge is -2.02. The molecule has 6 nitrogen and oxygen atoms in total. The first kappa shape index (κ1) is 15.9. The van der Waals surface area contributed by atoms with Crippen LogP contribution in [0.5, 0.6) is 0 Å². The molecular weight excluding hydrogens is 330 g/mol. The first-order chi connectivity index (χ1) is 11.3. The van der Waals surface area contributed by atoms with E-state index < -0.39 is 0 Å². The number of aryl methyl sites for hydroxylation is 2. The first-order valence-electron chi connectivity index (χ1n) is 7.40. The first-order valence-corrected chi connectivity index (χ1v) is 9.20. The maximum Gasteiger partial charge on any atom is 0.226 e. The van der Waals surface area contributed by atoms with Gasteiger partial charge in [-0.1, -0.05) is 49.1 Å². The summed E-state index contributed by atoms with van der Waals surface area (Å²) in [6, 6.07) is 8.33. The van der Waals surface area contributed by atoms with Gasteiger partial charge in [-0.15, -0.1) is 20.4 Å². The van der Waals surface area contributed by atoms with Crippen molar-refractivity contribution < 1.29 is 4.42 Å². The molecule has 1 N–H and O–H groups in total. The number of hydrogen-bond donors (Lipinski definition) is 1. The number of anilines is 2. The third-order valence-electron chi connectivity index (χ3n) is 3.15. The molecule has 0 aliphatic heterocycles. The monoisotopic (exact) mass is 347 g/mol. The molecule has 0 spiro atoms. The molecule has 2 aromatic heterocycles. The number of aromatic nitrogens is 4. The van der Waals surface area contributed by atoms with Gasteiger partial charge >= 0.3 is 0 Å². The molecule has 0 fully saturated rings. The Labute approximate surface area is 142 Å². The minimum Gasteiger partial charge on any atom is -0.424 e. The number of nitrogens with one attached hydrogen (secondary N) is 1. The molecule has 3 aromatic rings. The average molecular weight is 347 g/mol. The van der Waals surface area contributed by atoms with E-state index in [4.69, 9.17) is 4.42 Å². The molecule has 3 rings (SSSR count). The molecule has 0 amide bonds. The minimum atomic E-state index is 0.604. The van der Waals surface area contributed by atoms with Crippen LogP contribution in [-0.4, -0.2) is 20.4 Å². The lowest BCUT2D eigenvalue weighted by atomic mass is 10.1. The second-order valence-electron chi connectivity index (χ2n) is 4.78. The summed E-state index contributed by atoms with van der Waals surface area (Å²) in [4.78, 5) is 0. The fraction of sp³-hybridized carbons (Fsp3) is 0.333. The molecule has 0 radical (unpaired) electrons. The molecule has 0 saturated heterocycles. The smallest absolute Gasteiger partial charge is 0.226 e. The molecule has 1 aromatic carbocycles. The molecule has 8 heteroatoms. The summed E-state index contributed by atoms with van der Waals surface area (Å²) >= 11 is 3.05. The van der Waals surface area contributed by atoms with Crippen molar-refractivity contribution in [1.29, 1.82) is 0 Å². The van der Waals surface area contributed by atoms with E-state index >= 15 is 0 Å². The number of benzene rings is 1. The molecule has 0 unspecified atom stereocenters. The molecular formula is C15H17N5OS2. The van der Waals surface area contributed by atoms with Crippen molar-refractivity contribution in [2.75, 3.05) is 5.32 Å². The van der Waals surface area contributed by atoms with Crippen molar-refractivity contribution in [2.24, 2.45) is 0 Å². The Balaban J connectivity index is 1.56. The molecule has 0 aliphatic rings. The summed E-state index contributed by atoms with van der Waals surface area (Å²) in [5, 5.41) is 20.3. The standard InChI is InChI=1S/C15H17N5OS2/c1-3-10-5-7-11(8-6-10)16-14-19-20-15(23-14)22-9-13-18-17-12(4-2)21-13/h5-8H,3-4,9H2,1-2H3,(H,16,19). The fourth-order valence-electron chi connectivity index (χ4n) is 1.88. The van der Waals surface area contributed by atoms with Crippen LogP contribution in [0.1, 0.15) is 31.2 Å². The van der Waals surface area contributed by atoms with Gasteiger partial charge in [0.2, 0.25) is 16.9 Å². The van der Waals surface area contributed by atoms with Crippen LogP contribution in [0.25, 0.3) is 0 Å². The molecule has 0 saturated carbocycles. The van der Waals surface area contributed by atoms with Gasteiger partial charge in [0.25, 0.3) is 0 Å². The highest BCUT2D eigenvalue weighted by molar-refractivity contribution is 8.00. The molecule has 23 heavy (non-hydrogen) atoms. The van der Waals surface area contributed by atoms with Gasteiger partial charge in [0, 0.05) is 12.1 Å². The van der Waals surface area contributed by atoms with E-state index in [9.17, 15) is 0 Å². The Morgan fingerprint density at radius 1 is 1.00 bits per heavy atom. The maximum atomic E-state index is 5.48. The quantitative estimate of drug-likeness (QED) is 0.645. The molecule has 2 heterocycles. The summed E-state index contributed by atoms with van der Waals surface area (Å²) in [5.74, 6) is 1.88. The summed E-state index contributed by atoms with van der Waals surface area (Å²) in [5.41, 5.74) is 2.33. The van der Waals surface area contributed by atoms with Gasteiger partial charge in [-0.05, 0) is 24.1 Å². The molecule has 120 valence electrons. The third kappa shape index (κ3) is 4.29. The lowest BCUT2D eigenvalue weighted by molar-refractivity contribution is 0.470.